The zero-order valence-corrected chi connectivity index (χ0v) is 22.6. The van der Waals surface area contributed by atoms with Gasteiger partial charge in [0.2, 0.25) is 17.7 Å². The standard InChI is InChI=1S/C24H34F3N5O6S/c1-12(2)18(32-23(38)39)22(37)31-16(11-14-7-5-4-6-8-14)21(36)29-13(3)20(35)30-15(9-10-17(28)33)19(34)24(25,26)27/h4-8,12-13,15-16,18-19,34H,9-11H2,1-3H3,(H2,28,33)(H,29,36)(H,30,35)(H,31,37)(H2,32,38,39)/p+1. The molecule has 0 radical (unpaired) electrons. The van der Waals surface area contributed by atoms with Crippen LogP contribution in [0.5, 0.6) is 0 Å². The lowest BCUT2D eigenvalue weighted by atomic mass is 10.0. The first-order chi connectivity index (χ1) is 18.0. The highest BCUT2D eigenvalue weighted by Crippen LogP contribution is 2.24. The van der Waals surface area contributed by atoms with Crippen molar-refractivity contribution < 1.29 is 48.0 Å². The van der Waals surface area contributed by atoms with Gasteiger partial charge < -0.3 is 26.4 Å². The molecule has 5 unspecified atom stereocenters. The fraction of sp³-hybridized carbons (Fsp3) is 0.542. The molecule has 0 aliphatic heterocycles. The lowest BCUT2D eigenvalue weighted by Gasteiger charge is -2.28. The summed E-state index contributed by atoms with van der Waals surface area (Å²) in [5.74, 6) is -3.62. The molecule has 0 saturated carbocycles. The maximum absolute atomic E-state index is 13.1. The summed E-state index contributed by atoms with van der Waals surface area (Å²) >= 11 is 3.63. The topological polar surface area (TPSA) is 181 Å². The van der Waals surface area contributed by atoms with E-state index in [9.17, 15) is 42.3 Å². The van der Waals surface area contributed by atoms with Crippen molar-refractivity contribution in [3.63, 3.8) is 0 Å². The Morgan fingerprint density at radius 1 is 0.923 bits per heavy atom. The number of halogens is 3. The molecule has 11 nitrogen and oxygen atoms in total. The molecule has 5 amide bonds. The third-order valence-electron chi connectivity index (χ3n) is 5.67. The van der Waals surface area contributed by atoms with Crippen molar-refractivity contribution in [1.82, 2.24) is 21.3 Å². The average molecular weight is 579 g/mol. The van der Waals surface area contributed by atoms with E-state index in [1.54, 1.807) is 44.2 Å². The van der Waals surface area contributed by atoms with Gasteiger partial charge in [-0.05, 0) is 24.8 Å². The molecular weight excluding hydrogens is 543 g/mol. The molecule has 1 aromatic rings. The predicted molar refractivity (Wildman–Crippen MR) is 137 cm³/mol. The Morgan fingerprint density at radius 3 is 2.00 bits per heavy atom. The Morgan fingerprint density at radius 2 is 1.51 bits per heavy atom. The molecule has 39 heavy (non-hydrogen) atoms. The van der Waals surface area contributed by atoms with Crippen LogP contribution in [0.25, 0.3) is 0 Å². The second kappa shape index (κ2) is 15.4. The van der Waals surface area contributed by atoms with Gasteiger partial charge in [-0.2, -0.15) is 13.2 Å². The Bertz CT molecular complexity index is 1010. The van der Waals surface area contributed by atoms with Crippen LogP contribution in [0.1, 0.15) is 39.2 Å². The molecule has 0 bridgehead atoms. The fourth-order valence-electron chi connectivity index (χ4n) is 3.53. The second-order valence-corrected chi connectivity index (χ2v) is 9.74. The minimum absolute atomic E-state index is 0.00653. The normalized spacial score (nSPS) is 15.3. The van der Waals surface area contributed by atoms with Crippen molar-refractivity contribution in [3.8, 4) is 0 Å². The number of hydrogen-bond donors (Lipinski definition) is 7. The Kier molecular flexibility index (Phi) is 13.4. The third kappa shape index (κ3) is 12.0. The van der Waals surface area contributed by atoms with E-state index in [1.807, 2.05) is 5.32 Å². The number of carbonyl (C=O) groups is 5. The van der Waals surface area contributed by atoms with E-state index in [-0.39, 0.29) is 12.3 Å². The molecule has 8 N–H and O–H groups in total. The molecular formula is C24H35F3N5O6S+. The minimum Gasteiger partial charge on any atom is -0.382 e. The smallest absolute Gasteiger partial charge is 0.382 e. The number of aliphatic hydroxyl groups excluding tert-OH is 1. The Hall–Kier alpha value is -3.17. The van der Waals surface area contributed by atoms with Crippen molar-refractivity contribution in [1.29, 1.82) is 0 Å². The summed E-state index contributed by atoms with van der Waals surface area (Å²) in [6.45, 7) is 4.54. The molecule has 0 saturated heterocycles. The summed E-state index contributed by atoms with van der Waals surface area (Å²) in [5, 5.41) is 18.2. The van der Waals surface area contributed by atoms with Gasteiger partial charge in [0.1, 0.15) is 18.1 Å². The number of carbonyl (C=O) groups excluding carboxylic acids is 5. The molecule has 0 heterocycles. The van der Waals surface area contributed by atoms with E-state index in [1.165, 1.54) is 6.92 Å². The highest BCUT2D eigenvalue weighted by molar-refractivity contribution is 7.96. The Balaban J connectivity index is 3.06. The number of nitrogens with one attached hydrogen (secondary N) is 4. The van der Waals surface area contributed by atoms with Crippen LogP contribution < -0.4 is 27.0 Å². The van der Waals surface area contributed by atoms with Gasteiger partial charge >= 0.3 is 12.1 Å². The molecule has 0 aliphatic rings. The maximum atomic E-state index is 13.1. The van der Waals surface area contributed by atoms with Crippen molar-refractivity contribution in [2.24, 2.45) is 5.92 Å². The molecule has 5 atom stereocenters. The van der Waals surface area contributed by atoms with Gasteiger partial charge in [0.25, 0.3) is 5.24 Å². The first kappa shape index (κ1) is 33.9. The van der Waals surface area contributed by atoms with Crippen molar-refractivity contribution in [2.75, 3.05) is 0 Å². The predicted octanol–water partition coefficient (Wildman–Crippen LogP) is -0.161. The van der Waals surface area contributed by atoms with Crippen LogP contribution in [0.2, 0.25) is 0 Å². The zero-order chi connectivity index (χ0) is 29.9. The van der Waals surface area contributed by atoms with Crippen molar-refractivity contribution in [2.45, 2.75) is 76.5 Å². The van der Waals surface area contributed by atoms with Gasteiger partial charge in [-0.25, -0.2) is 4.79 Å². The van der Waals surface area contributed by atoms with Crippen LogP contribution in [0.4, 0.5) is 18.0 Å². The van der Waals surface area contributed by atoms with Gasteiger partial charge in [0, 0.05) is 6.42 Å². The van der Waals surface area contributed by atoms with Crippen molar-refractivity contribution >= 4 is 41.5 Å². The third-order valence-corrected chi connectivity index (χ3v) is 5.80. The first-order valence-electron chi connectivity index (χ1n) is 12.1. The van der Waals surface area contributed by atoms with Gasteiger partial charge in [-0.15, -0.1) is 0 Å². The summed E-state index contributed by atoms with van der Waals surface area (Å²) < 4.78 is 39.2. The number of hydrogen-bond acceptors (Lipinski definition) is 6. The lowest BCUT2D eigenvalue weighted by Crippen LogP contribution is -2.60. The van der Waals surface area contributed by atoms with Gasteiger partial charge in [0.15, 0.2) is 6.10 Å². The fourth-order valence-corrected chi connectivity index (χ4v) is 3.67. The molecule has 0 fully saturated rings. The molecule has 1 aromatic carbocycles. The highest BCUT2D eigenvalue weighted by Gasteiger charge is 2.44. The van der Waals surface area contributed by atoms with E-state index in [0.29, 0.717) is 5.56 Å². The van der Waals surface area contributed by atoms with Crippen LogP contribution in [0, 0.1) is 5.92 Å². The Labute approximate surface area is 229 Å². The number of amides is 5. The first-order valence-corrected chi connectivity index (χ1v) is 12.5. The summed E-state index contributed by atoms with van der Waals surface area (Å²) in [7, 11) is 0. The van der Waals surface area contributed by atoms with Gasteiger partial charge in [-0.1, -0.05) is 56.8 Å². The number of benzene rings is 1. The molecule has 1 rings (SSSR count). The summed E-state index contributed by atoms with van der Waals surface area (Å²) in [6.07, 6.45) is -8.99. The summed E-state index contributed by atoms with van der Waals surface area (Å²) in [5.41, 5.74) is 3.72. The molecule has 0 aliphatic carbocycles. The van der Waals surface area contributed by atoms with E-state index in [4.69, 9.17) is 0 Å². The van der Waals surface area contributed by atoms with E-state index in [2.05, 4.69) is 34.3 Å². The molecule has 218 valence electrons. The van der Waals surface area contributed by atoms with Crippen LogP contribution in [-0.2, 0) is 25.6 Å². The number of rotatable bonds is 14. The van der Waals surface area contributed by atoms with Crippen LogP contribution >= 0.6 is 12.6 Å². The SMILES string of the molecule is CC(NC(=O)C(Cc1ccccc1)NC(=O)C(NC(=O)S)C(C)C)C(=O)NC(CCC([NH3+])=O)C(O)C(F)(F)F. The number of aliphatic hydroxyl groups is 1. The van der Waals surface area contributed by atoms with Crippen molar-refractivity contribution in [3.05, 3.63) is 35.9 Å². The van der Waals surface area contributed by atoms with Gasteiger partial charge in [-0.3, -0.25) is 24.9 Å². The minimum atomic E-state index is -5.07. The van der Waals surface area contributed by atoms with Gasteiger partial charge in [0.05, 0.1) is 12.5 Å². The molecule has 0 aromatic heterocycles. The monoisotopic (exact) mass is 578 g/mol. The van der Waals surface area contributed by atoms with Crippen LogP contribution in [-0.4, -0.2) is 70.4 Å². The number of alkyl halides is 3. The summed E-state index contributed by atoms with van der Waals surface area (Å²) in [4.78, 5) is 61.2. The summed E-state index contributed by atoms with van der Waals surface area (Å²) in [6, 6.07) is 3.06. The average Bonchev–Trinajstić information content (AvgIpc) is 2.83. The van der Waals surface area contributed by atoms with Crippen LogP contribution in [0.3, 0.4) is 0 Å². The van der Waals surface area contributed by atoms with E-state index in [0.717, 1.165) is 0 Å². The molecule has 0 spiro atoms. The lowest BCUT2D eigenvalue weighted by molar-refractivity contribution is -0.306. The highest BCUT2D eigenvalue weighted by atomic mass is 32.1. The molecule has 15 heteroatoms. The van der Waals surface area contributed by atoms with Crippen LogP contribution in [0.15, 0.2) is 30.3 Å². The van der Waals surface area contributed by atoms with E-state index >= 15 is 0 Å². The zero-order valence-electron chi connectivity index (χ0n) is 21.7. The maximum Gasteiger partial charge on any atom is 0.416 e. The quantitative estimate of drug-likeness (QED) is 0.151. The number of quaternary nitrogens is 1. The largest absolute Gasteiger partial charge is 0.416 e. The van der Waals surface area contributed by atoms with E-state index < -0.39 is 78.2 Å². The second-order valence-electron chi connectivity index (χ2n) is 9.33. The number of thiol groups is 1.